The molecule has 4 nitrogen and oxygen atoms in total. The van der Waals surface area contributed by atoms with Gasteiger partial charge in [-0.1, -0.05) is 19.3 Å². The van der Waals surface area contributed by atoms with Gasteiger partial charge in [0.05, 0.1) is 5.03 Å². The first-order chi connectivity index (χ1) is 14.1. The standard InChI is InChI=1S/C24H36N2O2S/c1-25-21-11-6-7-12-22(21)29-23(25)17-18-14-16-26(15-8-2-3-13-24(27)28)20-10-5-4-9-19(18)20/h14,16-17,19-22H,2-13,15H2,1H3/p+1. The second-order valence-electron chi connectivity index (χ2n) is 9.32. The molecule has 0 aromatic heterocycles. The summed E-state index contributed by atoms with van der Waals surface area (Å²) < 4.78 is 2.57. The van der Waals surface area contributed by atoms with E-state index in [-0.39, 0.29) is 0 Å². The molecule has 0 aromatic carbocycles. The minimum Gasteiger partial charge on any atom is -0.481 e. The first kappa shape index (κ1) is 21.0. The van der Waals surface area contributed by atoms with E-state index in [1.807, 2.05) is 0 Å². The van der Waals surface area contributed by atoms with Crippen molar-refractivity contribution in [2.75, 3.05) is 13.6 Å². The maximum absolute atomic E-state index is 10.7. The highest BCUT2D eigenvalue weighted by molar-refractivity contribution is 8.03. The maximum Gasteiger partial charge on any atom is 0.303 e. The topological polar surface area (TPSA) is 43.5 Å². The molecule has 4 atom stereocenters. The molecule has 29 heavy (non-hydrogen) atoms. The van der Waals surface area contributed by atoms with Gasteiger partial charge in [-0.2, -0.15) is 0 Å². The van der Waals surface area contributed by atoms with Crippen molar-refractivity contribution >= 4 is 23.9 Å². The van der Waals surface area contributed by atoms with E-state index in [9.17, 15) is 4.79 Å². The summed E-state index contributed by atoms with van der Waals surface area (Å²) in [7, 11) is 2.31. The van der Waals surface area contributed by atoms with Gasteiger partial charge < -0.3 is 10.0 Å². The van der Waals surface area contributed by atoms with Crippen LogP contribution in [0.2, 0.25) is 0 Å². The zero-order valence-electron chi connectivity index (χ0n) is 17.9. The molecule has 0 amide bonds. The molecule has 2 aliphatic carbocycles. The van der Waals surface area contributed by atoms with Gasteiger partial charge in [-0.15, -0.1) is 11.8 Å². The molecule has 2 heterocycles. The number of unbranched alkanes of at least 4 members (excludes halogenated alkanes) is 2. The fourth-order valence-electron chi connectivity index (χ4n) is 5.79. The van der Waals surface area contributed by atoms with Gasteiger partial charge in [0.2, 0.25) is 0 Å². The van der Waals surface area contributed by atoms with Gasteiger partial charge in [-0.05, 0) is 50.2 Å². The van der Waals surface area contributed by atoms with Crippen LogP contribution < -0.4 is 0 Å². The van der Waals surface area contributed by atoms with Gasteiger partial charge in [-0.3, -0.25) is 4.79 Å². The molecule has 1 saturated heterocycles. The second kappa shape index (κ2) is 9.72. The van der Waals surface area contributed by atoms with Crippen LogP contribution in [0.25, 0.3) is 0 Å². The number of nitrogens with zero attached hydrogens (tertiary/aromatic N) is 2. The fourth-order valence-corrected chi connectivity index (χ4v) is 7.37. The van der Waals surface area contributed by atoms with Crippen LogP contribution in [0.3, 0.4) is 0 Å². The first-order valence-electron chi connectivity index (χ1n) is 11.8. The van der Waals surface area contributed by atoms with Crippen LogP contribution >= 0.6 is 11.8 Å². The quantitative estimate of drug-likeness (QED) is 0.465. The van der Waals surface area contributed by atoms with Crippen LogP contribution in [-0.4, -0.2) is 57.7 Å². The molecule has 0 aromatic rings. The van der Waals surface area contributed by atoms with E-state index >= 15 is 0 Å². The summed E-state index contributed by atoms with van der Waals surface area (Å²) in [6.07, 6.45) is 21.3. The van der Waals surface area contributed by atoms with Crippen LogP contribution in [0.1, 0.15) is 77.0 Å². The average Bonchev–Trinajstić information content (AvgIpc) is 3.04. The third-order valence-corrected chi connectivity index (χ3v) is 8.92. The first-order valence-corrected chi connectivity index (χ1v) is 12.7. The van der Waals surface area contributed by atoms with E-state index in [2.05, 4.69) is 46.7 Å². The fraction of sp³-hybridized carbons (Fsp3) is 0.750. The molecule has 5 heteroatoms. The Hall–Kier alpha value is -1.23. The van der Waals surface area contributed by atoms with Crippen molar-refractivity contribution in [3.05, 3.63) is 22.8 Å². The van der Waals surface area contributed by atoms with Crippen molar-refractivity contribution in [2.45, 2.75) is 94.4 Å². The number of carboxylic acid groups (broad SMARTS) is 1. The predicted molar refractivity (Wildman–Crippen MR) is 121 cm³/mol. The SMILES string of the molecule is CN1C(=CC2=CC=[N+](CCCCCC(=O)O)C3CCCCC23)SC2CCCCC21. The lowest BCUT2D eigenvalue weighted by Gasteiger charge is -2.33. The second-order valence-corrected chi connectivity index (χ2v) is 10.6. The van der Waals surface area contributed by atoms with Gasteiger partial charge in [0, 0.05) is 49.6 Å². The van der Waals surface area contributed by atoms with Gasteiger partial charge in [-0.25, -0.2) is 4.58 Å². The monoisotopic (exact) mass is 417 g/mol. The summed E-state index contributed by atoms with van der Waals surface area (Å²) in [4.78, 5) is 13.3. The van der Waals surface area contributed by atoms with Crippen LogP contribution in [0.15, 0.2) is 22.8 Å². The van der Waals surface area contributed by atoms with Gasteiger partial charge in [0.25, 0.3) is 0 Å². The summed E-state index contributed by atoms with van der Waals surface area (Å²) in [6, 6.07) is 1.39. The number of allylic oxidation sites excluding steroid dienone is 2. The lowest BCUT2D eigenvalue weighted by atomic mass is 9.77. The third kappa shape index (κ3) is 4.92. The number of hydrogen-bond acceptors (Lipinski definition) is 3. The molecule has 1 N–H and O–H groups in total. The smallest absolute Gasteiger partial charge is 0.303 e. The number of thioether (sulfide) groups is 1. The highest BCUT2D eigenvalue weighted by Gasteiger charge is 2.40. The van der Waals surface area contributed by atoms with E-state index in [1.165, 1.54) is 56.4 Å². The van der Waals surface area contributed by atoms with Crippen molar-refractivity contribution in [3.63, 3.8) is 0 Å². The average molecular weight is 418 g/mol. The Morgan fingerprint density at radius 1 is 1.17 bits per heavy atom. The Balaban J connectivity index is 1.43. The lowest BCUT2D eigenvalue weighted by Crippen LogP contribution is -2.40. The molecular formula is C24H37N2O2S+. The molecular weight excluding hydrogens is 380 g/mol. The van der Waals surface area contributed by atoms with Crippen molar-refractivity contribution in [2.24, 2.45) is 5.92 Å². The Morgan fingerprint density at radius 3 is 2.79 bits per heavy atom. The lowest BCUT2D eigenvalue weighted by molar-refractivity contribution is -0.573. The number of hydrogen-bond donors (Lipinski definition) is 1. The molecule has 4 rings (SSSR count). The molecule has 2 aliphatic heterocycles. The minimum atomic E-state index is -0.669. The van der Waals surface area contributed by atoms with Crippen LogP contribution in [0.5, 0.6) is 0 Å². The van der Waals surface area contributed by atoms with E-state index in [0.717, 1.165) is 37.1 Å². The van der Waals surface area contributed by atoms with Crippen molar-refractivity contribution in [3.8, 4) is 0 Å². The Labute approximate surface area is 180 Å². The van der Waals surface area contributed by atoms with Crippen molar-refractivity contribution in [1.29, 1.82) is 0 Å². The molecule has 4 aliphatic rings. The minimum absolute atomic E-state index is 0.306. The highest BCUT2D eigenvalue weighted by Crippen LogP contribution is 2.46. The molecule has 0 spiro atoms. The highest BCUT2D eigenvalue weighted by atomic mass is 32.2. The van der Waals surface area contributed by atoms with Crippen molar-refractivity contribution in [1.82, 2.24) is 4.90 Å². The van der Waals surface area contributed by atoms with Gasteiger partial charge in [0.15, 0.2) is 12.3 Å². The van der Waals surface area contributed by atoms with E-state index in [1.54, 1.807) is 5.57 Å². The molecule has 0 bridgehead atoms. The Morgan fingerprint density at radius 2 is 1.97 bits per heavy atom. The molecule has 2 saturated carbocycles. The zero-order chi connectivity index (χ0) is 20.2. The Kier molecular flexibility index (Phi) is 7.04. The van der Waals surface area contributed by atoms with E-state index < -0.39 is 5.97 Å². The van der Waals surface area contributed by atoms with Gasteiger partial charge in [0.1, 0.15) is 6.54 Å². The Bertz CT molecular complexity index is 699. The summed E-state index contributed by atoms with van der Waals surface area (Å²) in [5.41, 5.74) is 1.55. The number of carbonyl (C=O) groups is 1. The maximum atomic E-state index is 10.7. The van der Waals surface area contributed by atoms with Crippen LogP contribution in [0, 0.1) is 5.92 Å². The molecule has 4 unspecified atom stereocenters. The number of fused-ring (bicyclic) bond motifs is 2. The summed E-state index contributed by atoms with van der Waals surface area (Å²) >= 11 is 2.13. The number of rotatable bonds is 7. The molecule has 0 radical (unpaired) electrons. The summed E-state index contributed by atoms with van der Waals surface area (Å²) in [5.74, 6) is -0.00557. The third-order valence-electron chi connectivity index (χ3n) is 7.42. The van der Waals surface area contributed by atoms with Crippen LogP contribution in [-0.2, 0) is 4.79 Å². The van der Waals surface area contributed by atoms with E-state index in [0.29, 0.717) is 18.4 Å². The number of aliphatic carboxylic acids is 1. The van der Waals surface area contributed by atoms with Crippen LogP contribution in [0.4, 0.5) is 0 Å². The van der Waals surface area contributed by atoms with Gasteiger partial charge >= 0.3 is 5.97 Å². The zero-order valence-corrected chi connectivity index (χ0v) is 18.7. The number of carboxylic acids is 1. The summed E-state index contributed by atoms with van der Waals surface area (Å²) in [5, 5.41) is 11.1. The summed E-state index contributed by atoms with van der Waals surface area (Å²) in [6.45, 7) is 1.07. The largest absolute Gasteiger partial charge is 0.481 e. The van der Waals surface area contributed by atoms with E-state index in [4.69, 9.17) is 5.11 Å². The molecule has 160 valence electrons. The predicted octanol–water partition coefficient (Wildman–Crippen LogP) is 5.04. The normalized spacial score (nSPS) is 33.1. The van der Waals surface area contributed by atoms with Crippen molar-refractivity contribution < 1.29 is 14.5 Å². The molecule has 3 fully saturated rings.